The van der Waals surface area contributed by atoms with Crippen molar-refractivity contribution >= 4 is 17.9 Å². The summed E-state index contributed by atoms with van der Waals surface area (Å²) >= 11 is 0. The smallest absolute Gasteiger partial charge is 0.408 e. The van der Waals surface area contributed by atoms with Gasteiger partial charge >= 0.3 is 6.09 Å². The van der Waals surface area contributed by atoms with Gasteiger partial charge in [0.25, 0.3) is 0 Å². The first-order valence-electron chi connectivity index (χ1n) is 13.2. The molecule has 3 atom stereocenters. The van der Waals surface area contributed by atoms with Crippen LogP contribution in [0.15, 0.2) is 48.5 Å². The van der Waals surface area contributed by atoms with Gasteiger partial charge in [-0.2, -0.15) is 0 Å². The Balaban J connectivity index is 2.60. The predicted octanol–water partition coefficient (Wildman–Crippen LogP) is 4.82. The third kappa shape index (κ3) is 9.81. The van der Waals surface area contributed by atoms with Crippen molar-refractivity contribution in [2.45, 2.75) is 97.5 Å². The molecule has 9 nitrogen and oxygen atoms in total. The average Bonchev–Trinajstić information content (AvgIpc) is 2.81. The zero-order valence-electron chi connectivity index (χ0n) is 24.2. The fraction of sp³-hybridized carbons (Fsp3) is 0.500. The number of phenolic OH excluding ortho intramolecular Hbond substituents is 2. The van der Waals surface area contributed by atoms with Gasteiger partial charge < -0.3 is 30.5 Å². The van der Waals surface area contributed by atoms with Crippen molar-refractivity contribution in [3.63, 3.8) is 0 Å². The molecule has 3 amide bonds. The summed E-state index contributed by atoms with van der Waals surface area (Å²) in [5.74, 6) is -0.742. The van der Waals surface area contributed by atoms with E-state index < -0.39 is 35.2 Å². The summed E-state index contributed by atoms with van der Waals surface area (Å²) in [5, 5.41) is 25.3. The molecule has 4 N–H and O–H groups in total. The number of nitrogens with one attached hydrogen (secondary N) is 2. The molecule has 0 fully saturated rings. The van der Waals surface area contributed by atoms with Crippen LogP contribution in [0.5, 0.6) is 11.5 Å². The second kappa shape index (κ2) is 12.9. The lowest BCUT2D eigenvalue weighted by Gasteiger charge is -2.39. The van der Waals surface area contributed by atoms with Crippen LogP contribution >= 0.6 is 0 Å². The van der Waals surface area contributed by atoms with Crippen LogP contribution in [0.3, 0.4) is 0 Å². The molecule has 0 heterocycles. The van der Waals surface area contributed by atoms with Crippen LogP contribution in [0, 0.1) is 0 Å². The molecule has 0 aliphatic carbocycles. The van der Waals surface area contributed by atoms with Crippen LogP contribution in [0.2, 0.25) is 0 Å². The van der Waals surface area contributed by atoms with E-state index in [4.69, 9.17) is 4.74 Å². The first-order chi connectivity index (χ1) is 18.0. The number of ether oxygens (including phenoxy) is 1. The SMILES string of the molecule is CCC(C)N(C(=O)C(Cc1ccc(O)cc1)NC(=O)OC(C)(C)C)C(C(=O)NC(C)(C)C)c1ccc(O)cc1. The zero-order chi connectivity index (χ0) is 29.5. The Morgan fingerprint density at radius 1 is 0.897 bits per heavy atom. The summed E-state index contributed by atoms with van der Waals surface area (Å²) in [4.78, 5) is 42.4. The zero-order valence-corrected chi connectivity index (χ0v) is 24.2. The van der Waals surface area contributed by atoms with Crippen LogP contribution in [0.1, 0.15) is 79.0 Å². The number of aromatic hydroxyl groups is 2. The molecule has 0 aromatic heterocycles. The van der Waals surface area contributed by atoms with Gasteiger partial charge in [-0.25, -0.2) is 4.79 Å². The predicted molar refractivity (Wildman–Crippen MR) is 150 cm³/mol. The lowest BCUT2D eigenvalue weighted by atomic mass is 9.97. The van der Waals surface area contributed by atoms with Gasteiger partial charge in [-0.05, 0) is 90.3 Å². The van der Waals surface area contributed by atoms with E-state index in [0.717, 1.165) is 0 Å². The Kier molecular flexibility index (Phi) is 10.4. The third-order valence-corrected chi connectivity index (χ3v) is 5.92. The number of rotatable bonds is 9. The van der Waals surface area contributed by atoms with Gasteiger partial charge in [-0.3, -0.25) is 9.59 Å². The van der Waals surface area contributed by atoms with Crippen molar-refractivity contribution in [3.8, 4) is 11.5 Å². The van der Waals surface area contributed by atoms with Crippen molar-refractivity contribution in [2.75, 3.05) is 0 Å². The molecular weight excluding hydrogens is 498 g/mol. The van der Waals surface area contributed by atoms with Crippen LogP contribution in [-0.2, 0) is 20.7 Å². The van der Waals surface area contributed by atoms with E-state index in [1.165, 1.54) is 29.2 Å². The Morgan fingerprint density at radius 3 is 1.87 bits per heavy atom. The van der Waals surface area contributed by atoms with Gasteiger partial charge in [0.1, 0.15) is 29.2 Å². The number of amides is 3. The molecule has 214 valence electrons. The van der Waals surface area contributed by atoms with E-state index in [0.29, 0.717) is 17.5 Å². The number of phenols is 2. The van der Waals surface area contributed by atoms with Crippen LogP contribution in [-0.4, -0.2) is 56.2 Å². The summed E-state index contributed by atoms with van der Waals surface area (Å²) < 4.78 is 5.45. The van der Waals surface area contributed by atoms with Gasteiger partial charge in [0.15, 0.2) is 0 Å². The molecule has 0 saturated carbocycles. The number of carbonyl (C=O) groups is 3. The Morgan fingerprint density at radius 2 is 1.41 bits per heavy atom. The molecule has 0 radical (unpaired) electrons. The van der Waals surface area contributed by atoms with E-state index in [1.807, 2.05) is 34.6 Å². The van der Waals surface area contributed by atoms with Crippen molar-refractivity contribution in [1.29, 1.82) is 0 Å². The number of alkyl carbamates (subject to hydrolysis) is 1. The molecule has 0 bridgehead atoms. The quantitative estimate of drug-likeness (QED) is 0.361. The molecule has 3 unspecified atom stereocenters. The summed E-state index contributed by atoms with van der Waals surface area (Å²) in [6, 6.07) is 10.0. The third-order valence-electron chi connectivity index (χ3n) is 5.92. The Labute approximate surface area is 231 Å². The van der Waals surface area contributed by atoms with E-state index in [2.05, 4.69) is 10.6 Å². The van der Waals surface area contributed by atoms with E-state index in [1.54, 1.807) is 45.0 Å². The minimum atomic E-state index is -1.07. The molecule has 0 aliphatic heterocycles. The Hall–Kier alpha value is -3.75. The van der Waals surface area contributed by atoms with E-state index in [-0.39, 0.29) is 29.9 Å². The van der Waals surface area contributed by atoms with Gasteiger partial charge in [0, 0.05) is 18.0 Å². The number of hydrogen-bond acceptors (Lipinski definition) is 6. The van der Waals surface area contributed by atoms with Crippen LogP contribution in [0.4, 0.5) is 4.79 Å². The molecule has 2 rings (SSSR count). The maximum absolute atomic E-state index is 14.3. The summed E-state index contributed by atoms with van der Waals surface area (Å²) in [7, 11) is 0. The second-order valence-electron chi connectivity index (χ2n) is 11.8. The lowest BCUT2D eigenvalue weighted by molar-refractivity contribution is -0.145. The van der Waals surface area contributed by atoms with E-state index in [9.17, 15) is 24.6 Å². The number of nitrogens with zero attached hydrogens (tertiary/aromatic N) is 1. The van der Waals surface area contributed by atoms with Crippen LogP contribution < -0.4 is 10.6 Å². The molecule has 2 aromatic rings. The maximum atomic E-state index is 14.3. The van der Waals surface area contributed by atoms with Gasteiger partial charge in [0.2, 0.25) is 11.8 Å². The normalized spacial score (nSPS) is 14.1. The minimum absolute atomic E-state index is 0.0342. The molecular formula is C30H43N3O6. The number of benzene rings is 2. The molecule has 0 aliphatic rings. The number of hydrogen-bond donors (Lipinski definition) is 4. The minimum Gasteiger partial charge on any atom is -0.508 e. The topological polar surface area (TPSA) is 128 Å². The highest BCUT2D eigenvalue weighted by Crippen LogP contribution is 2.29. The summed E-state index contributed by atoms with van der Waals surface area (Å²) in [6.07, 6.45) is -0.111. The van der Waals surface area contributed by atoms with Gasteiger partial charge in [-0.15, -0.1) is 0 Å². The average molecular weight is 542 g/mol. The standard InChI is InChI=1S/C30H43N3O6/c1-9-19(2)33(25(26(36)32-29(3,4)5)21-12-16-23(35)17-13-21)27(37)24(31-28(38)39-30(6,7)8)18-20-10-14-22(34)15-11-20/h10-17,19,24-25,34-35H,9,18H2,1-8H3,(H,31,38)(H,32,36). The highest BCUT2D eigenvalue weighted by Gasteiger charge is 2.39. The molecule has 0 saturated heterocycles. The van der Waals surface area contributed by atoms with Crippen molar-refractivity contribution in [3.05, 3.63) is 59.7 Å². The van der Waals surface area contributed by atoms with Crippen molar-refractivity contribution in [2.24, 2.45) is 0 Å². The number of carbonyl (C=O) groups excluding carboxylic acids is 3. The molecule has 0 spiro atoms. The first-order valence-corrected chi connectivity index (χ1v) is 13.2. The van der Waals surface area contributed by atoms with Crippen molar-refractivity contribution in [1.82, 2.24) is 15.5 Å². The largest absolute Gasteiger partial charge is 0.508 e. The Bertz CT molecular complexity index is 1120. The maximum Gasteiger partial charge on any atom is 0.408 e. The van der Waals surface area contributed by atoms with Crippen LogP contribution in [0.25, 0.3) is 0 Å². The van der Waals surface area contributed by atoms with Gasteiger partial charge in [0.05, 0.1) is 0 Å². The summed E-state index contributed by atoms with van der Waals surface area (Å²) in [6.45, 7) is 14.5. The lowest BCUT2D eigenvalue weighted by Crippen LogP contribution is -2.57. The van der Waals surface area contributed by atoms with Crippen molar-refractivity contribution < 1.29 is 29.3 Å². The molecule has 2 aromatic carbocycles. The monoisotopic (exact) mass is 541 g/mol. The molecule has 39 heavy (non-hydrogen) atoms. The first kappa shape index (κ1) is 31.5. The highest BCUT2D eigenvalue weighted by molar-refractivity contribution is 5.92. The fourth-order valence-electron chi connectivity index (χ4n) is 4.03. The molecule has 9 heteroatoms. The second-order valence-corrected chi connectivity index (χ2v) is 11.8. The van der Waals surface area contributed by atoms with E-state index >= 15 is 0 Å². The highest BCUT2D eigenvalue weighted by atomic mass is 16.6. The summed E-state index contributed by atoms with van der Waals surface area (Å²) in [5.41, 5.74) is -0.139. The van der Waals surface area contributed by atoms with Gasteiger partial charge in [-0.1, -0.05) is 31.2 Å². The fourth-order valence-corrected chi connectivity index (χ4v) is 4.03.